The molecule has 1 fully saturated rings. The molecule has 0 aliphatic heterocycles. The molecule has 1 nitrogen and oxygen atoms in total. The van der Waals surface area contributed by atoms with Crippen molar-refractivity contribution in [1.82, 2.24) is 0 Å². The Morgan fingerprint density at radius 3 is 2.28 bits per heavy atom. The number of hydrogen-bond donors (Lipinski definition) is 0. The van der Waals surface area contributed by atoms with Gasteiger partial charge in [-0.3, -0.25) is 0 Å². The van der Waals surface area contributed by atoms with Crippen molar-refractivity contribution in [3.63, 3.8) is 0 Å². The highest BCUT2D eigenvalue weighted by atomic mass is 16.5. The van der Waals surface area contributed by atoms with Gasteiger partial charge in [-0.15, -0.1) is 0 Å². The van der Waals surface area contributed by atoms with Gasteiger partial charge in [0, 0.05) is 5.41 Å². The van der Waals surface area contributed by atoms with Crippen molar-refractivity contribution in [2.45, 2.75) is 31.5 Å². The minimum atomic E-state index is 0.218. The summed E-state index contributed by atoms with van der Waals surface area (Å²) >= 11 is 0. The van der Waals surface area contributed by atoms with Gasteiger partial charge in [0.2, 0.25) is 0 Å². The van der Waals surface area contributed by atoms with E-state index in [0.29, 0.717) is 12.7 Å². The average Bonchev–Trinajstić information content (AvgIpc) is 3.11. The summed E-state index contributed by atoms with van der Waals surface area (Å²) in [5.74, 6) is 0. The van der Waals surface area contributed by atoms with Gasteiger partial charge >= 0.3 is 0 Å². The predicted octanol–water partition coefficient (Wildman–Crippen LogP) is 3.93. The van der Waals surface area contributed by atoms with Crippen molar-refractivity contribution in [3.05, 3.63) is 71.8 Å². The van der Waals surface area contributed by atoms with Crippen molar-refractivity contribution in [2.75, 3.05) is 0 Å². The fraction of sp³-hybridized carbons (Fsp3) is 0.294. The molecule has 0 unspecified atom stereocenters. The van der Waals surface area contributed by atoms with E-state index in [2.05, 4.69) is 61.5 Å². The third-order valence-corrected chi connectivity index (χ3v) is 3.89. The molecule has 3 rings (SSSR count). The van der Waals surface area contributed by atoms with Crippen LogP contribution >= 0.6 is 0 Å². The van der Waals surface area contributed by atoms with Crippen molar-refractivity contribution in [3.8, 4) is 0 Å². The van der Waals surface area contributed by atoms with Crippen LogP contribution in [0.2, 0.25) is 0 Å². The van der Waals surface area contributed by atoms with Crippen LogP contribution in [-0.2, 0) is 16.8 Å². The molecule has 1 heteroatoms. The zero-order valence-corrected chi connectivity index (χ0v) is 10.7. The lowest BCUT2D eigenvalue weighted by atomic mass is 9.98. The van der Waals surface area contributed by atoms with Gasteiger partial charge < -0.3 is 4.74 Å². The van der Waals surface area contributed by atoms with E-state index in [-0.39, 0.29) is 5.41 Å². The third kappa shape index (κ3) is 2.19. The maximum Gasteiger partial charge on any atom is 0.0721 e. The molecular weight excluding hydrogens is 220 g/mol. The largest absolute Gasteiger partial charge is 0.373 e. The lowest BCUT2D eigenvalue weighted by Crippen LogP contribution is -2.10. The van der Waals surface area contributed by atoms with Crippen LogP contribution in [0, 0.1) is 0 Å². The number of ether oxygens (including phenoxy) is 1. The van der Waals surface area contributed by atoms with E-state index in [9.17, 15) is 0 Å². The molecule has 0 spiro atoms. The molecule has 18 heavy (non-hydrogen) atoms. The fourth-order valence-corrected chi connectivity index (χ4v) is 2.46. The molecule has 2 atom stereocenters. The first-order valence-electron chi connectivity index (χ1n) is 6.50. The molecule has 0 amide bonds. The number of benzene rings is 2. The van der Waals surface area contributed by atoms with Crippen LogP contribution in [0.5, 0.6) is 0 Å². The Morgan fingerprint density at radius 1 is 1.00 bits per heavy atom. The first-order valence-corrected chi connectivity index (χ1v) is 6.50. The van der Waals surface area contributed by atoms with Crippen molar-refractivity contribution in [2.24, 2.45) is 0 Å². The minimum Gasteiger partial charge on any atom is -0.373 e. The smallest absolute Gasteiger partial charge is 0.0721 e. The Labute approximate surface area is 108 Å². The normalized spacial score (nSPS) is 25.9. The molecular formula is C17H18O. The Morgan fingerprint density at radius 2 is 1.61 bits per heavy atom. The SMILES string of the molecule is C[C@]1(c2ccccc2)C[C@H]1OCc1ccccc1. The highest BCUT2D eigenvalue weighted by molar-refractivity contribution is 5.33. The highest BCUT2D eigenvalue weighted by Crippen LogP contribution is 2.50. The number of hydrogen-bond acceptors (Lipinski definition) is 1. The second-order valence-corrected chi connectivity index (χ2v) is 5.27. The molecule has 2 aromatic rings. The van der Waals surface area contributed by atoms with Crippen molar-refractivity contribution < 1.29 is 4.74 Å². The van der Waals surface area contributed by atoms with Crippen LogP contribution in [0.4, 0.5) is 0 Å². The van der Waals surface area contributed by atoms with Crippen molar-refractivity contribution >= 4 is 0 Å². The molecule has 1 saturated carbocycles. The maximum atomic E-state index is 6.01. The Hall–Kier alpha value is -1.60. The molecule has 2 aromatic carbocycles. The Bertz CT molecular complexity index is 506. The summed E-state index contributed by atoms with van der Waals surface area (Å²) in [6.45, 7) is 3.01. The summed E-state index contributed by atoms with van der Waals surface area (Å²) in [5.41, 5.74) is 2.86. The van der Waals surface area contributed by atoms with Gasteiger partial charge in [0.15, 0.2) is 0 Å². The van der Waals surface area contributed by atoms with E-state index >= 15 is 0 Å². The van der Waals surface area contributed by atoms with Crippen LogP contribution in [0.25, 0.3) is 0 Å². The summed E-state index contributed by atoms with van der Waals surface area (Å²) in [7, 11) is 0. The van der Waals surface area contributed by atoms with E-state index in [4.69, 9.17) is 4.74 Å². The van der Waals surface area contributed by atoms with Gasteiger partial charge in [-0.2, -0.15) is 0 Å². The van der Waals surface area contributed by atoms with Crippen molar-refractivity contribution in [1.29, 1.82) is 0 Å². The van der Waals surface area contributed by atoms with E-state index in [1.54, 1.807) is 0 Å². The van der Waals surface area contributed by atoms with Gasteiger partial charge in [-0.1, -0.05) is 67.6 Å². The molecule has 0 heterocycles. The number of rotatable bonds is 4. The first-order chi connectivity index (χ1) is 8.79. The van der Waals surface area contributed by atoms with Crippen LogP contribution in [-0.4, -0.2) is 6.10 Å². The second-order valence-electron chi connectivity index (χ2n) is 5.27. The summed E-state index contributed by atoms with van der Waals surface area (Å²) in [6, 6.07) is 21.1. The zero-order valence-electron chi connectivity index (χ0n) is 10.7. The molecule has 0 bridgehead atoms. The standard InChI is InChI=1S/C17H18O/c1-17(15-10-6-3-7-11-15)12-16(17)18-13-14-8-4-2-5-9-14/h2-11,16H,12-13H2,1H3/t16-,17-/m1/s1. The Kier molecular flexibility index (Phi) is 2.92. The summed E-state index contributed by atoms with van der Waals surface area (Å²) < 4.78 is 6.01. The summed E-state index contributed by atoms with van der Waals surface area (Å²) in [6.07, 6.45) is 1.49. The van der Waals surface area contributed by atoms with E-state index in [1.807, 2.05) is 6.07 Å². The lowest BCUT2D eigenvalue weighted by molar-refractivity contribution is 0.0917. The molecule has 1 aliphatic carbocycles. The van der Waals surface area contributed by atoms with Gasteiger partial charge in [0.05, 0.1) is 12.7 Å². The van der Waals surface area contributed by atoms with Gasteiger partial charge in [0.1, 0.15) is 0 Å². The molecule has 0 aromatic heterocycles. The molecule has 0 N–H and O–H groups in total. The van der Waals surface area contributed by atoms with Crippen LogP contribution in [0.3, 0.4) is 0 Å². The monoisotopic (exact) mass is 238 g/mol. The summed E-state index contributed by atoms with van der Waals surface area (Å²) in [4.78, 5) is 0. The highest BCUT2D eigenvalue weighted by Gasteiger charge is 2.52. The van der Waals surface area contributed by atoms with Crippen LogP contribution in [0.15, 0.2) is 60.7 Å². The fourth-order valence-electron chi connectivity index (χ4n) is 2.46. The lowest BCUT2D eigenvalue weighted by Gasteiger charge is -2.12. The molecule has 1 aliphatic rings. The zero-order chi connectivity index (χ0) is 12.4. The molecule has 0 saturated heterocycles. The summed E-state index contributed by atoms with van der Waals surface area (Å²) in [5, 5.41) is 0. The van der Waals surface area contributed by atoms with E-state index < -0.39 is 0 Å². The van der Waals surface area contributed by atoms with Gasteiger partial charge in [-0.05, 0) is 17.5 Å². The predicted molar refractivity (Wildman–Crippen MR) is 73.4 cm³/mol. The quantitative estimate of drug-likeness (QED) is 0.784. The van der Waals surface area contributed by atoms with Gasteiger partial charge in [-0.25, -0.2) is 0 Å². The topological polar surface area (TPSA) is 9.23 Å². The molecule has 0 radical (unpaired) electrons. The maximum absolute atomic E-state index is 6.01. The van der Waals surface area contributed by atoms with E-state index in [0.717, 1.165) is 6.42 Å². The first kappa shape index (κ1) is 11.5. The average molecular weight is 238 g/mol. The van der Waals surface area contributed by atoms with E-state index in [1.165, 1.54) is 11.1 Å². The van der Waals surface area contributed by atoms with Crippen LogP contribution < -0.4 is 0 Å². The van der Waals surface area contributed by atoms with Crippen LogP contribution in [0.1, 0.15) is 24.5 Å². The second kappa shape index (κ2) is 4.58. The molecule has 92 valence electrons. The minimum absolute atomic E-state index is 0.218. The third-order valence-electron chi connectivity index (χ3n) is 3.89. The Balaban J connectivity index is 1.61. The van der Waals surface area contributed by atoms with Gasteiger partial charge in [0.25, 0.3) is 0 Å².